The van der Waals surface area contributed by atoms with Gasteiger partial charge in [-0.2, -0.15) is 0 Å². The monoisotopic (exact) mass is 143 g/mol. The Labute approximate surface area is 60.7 Å². The van der Waals surface area contributed by atoms with E-state index >= 15 is 0 Å². The van der Waals surface area contributed by atoms with Crippen molar-refractivity contribution >= 4 is 0 Å². The van der Waals surface area contributed by atoms with Crippen LogP contribution in [-0.2, 0) is 9.47 Å². The van der Waals surface area contributed by atoms with Gasteiger partial charge >= 0.3 is 0 Å². The van der Waals surface area contributed by atoms with E-state index in [1.54, 1.807) is 0 Å². The molecule has 0 atom stereocenters. The SMILES string of the molecule is C1COC2(CCNC2)OC1. The van der Waals surface area contributed by atoms with Gasteiger partial charge in [-0.1, -0.05) is 0 Å². The second kappa shape index (κ2) is 2.49. The molecule has 2 rings (SSSR count). The molecule has 0 aromatic carbocycles. The molecule has 0 unspecified atom stereocenters. The van der Waals surface area contributed by atoms with E-state index in [0.717, 1.165) is 39.1 Å². The zero-order valence-electron chi connectivity index (χ0n) is 6.06. The van der Waals surface area contributed by atoms with E-state index in [-0.39, 0.29) is 5.79 Å². The van der Waals surface area contributed by atoms with E-state index in [0.29, 0.717) is 0 Å². The molecule has 2 fully saturated rings. The van der Waals surface area contributed by atoms with E-state index in [1.807, 2.05) is 0 Å². The summed E-state index contributed by atoms with van der Waals surface area (Å²) < 4.78 is 11.1. The smallest absolute Gasteiger partial charge is 0.181 e. The van der Waals surface area contributed by atoms with Gasteiger partial charge in [-0.25, -0.2) is 0 Å². The van der Waals surface area contributed by atoms with E-state index < -0.39 is 0 Å². The van der Waals surface area contributed by atoms with Crippen molar-refractivity contribution in [1.29, 1.82) is 0 Å². The summed E-state index contributed by atoms with van der Waals surface area (Å²) >= 11 is 0. The third kappa shape index (κ3) is 1.05. The Hall–Kier alpha value is -0.120. The average molecular weight is 143 g/mol. The Morgan fingerprint density at radius 2 is 2.00 bits per heavy atom. The predicted molar refractivity (Wildman–Crippen MR) is 36.7 cm³/mol. The lowest BCUT2D eigenvalue weighted by atomic mass is 10.2. The maximum Gasteiger partial charge on any atom is 0.181 e. The van der Waals surface area contributed by atoms with Gasteiger partial charge in [-0.15, -0.1) is 0 Å². The van der Waals surface area contributed by atoms with Crippen molar-refractivity contribution in [3.63, 3.8) is 0 Å². The molecule has 0 aliphatic carbocycles. The van der Waals surface area contributed by atoms with Gasteiger partial charge in [0.2, 0.25) is 0 Å². The first-order valence-corrected chi connectivity index (χ1v) is 3.90. The zero-order valence-corrected chi connectivity index (χ0v) is 6.06. The summed E-state index contributed by atoms with van der Waals surface area (Å²) in [6, 6.07) is 0. The third-order valence-corrected chi connectivity index (χ3v) is 2.10. The highest BCUT2D eigenvalue weighted by atomic mass is 16.7. The number of rotatable bonds is 0. The van der Waals surface area contributed by atoms with Crippen LogP contribution in [0.5, 0.6) is 0 Å². The summed E-state index contributed by atoms with van der Waals surface area (Å²) in [5.41, 5.74) is 0. The van der Waals surface area contributed by atoms with Crippen LogP contribution in [0.1, 0.15) is 12.8 Å². The molecule has 3 nitrogen and oxygen atoms in total. The van der Waals surface area contributed by atoms with E-state index in [9.17, 15) is 0 Å². The molecule has 0 amide bonds. The van der Waals surface area contributed by atoms with Gasteiger partial charge in [0, 0.05) is 19.5 Å². The van der Waals surface area contributed by atoms with E-state index in [4.69, 9.17) is 9.47 Å². The molecule has 2 aliphatic heterocycles. The summed E-state index contributed by atoms with van der Waals surface area (Å²) in [7, 11) is 0. The van der Waals surface area contributed by atoms with Crippen LogP contribution in [0.4, 0.5) is 0 Å². The minimum absolute atomic E-state index is 0.238. The van der Waals surface area contributed by atoms with Crippen molar-refractivity contribution in [3.05, 3.63) is 0 Å². The van der Waals surface area contributed by atoms with Crippen LogP contribution in [0, 0.1) is 0 Å². The Morgan fingerprint density at radius 3 is 2.60 bits per heavy atom. The normalized spacial score (nSPS) is 31.2. The van der Waals surface area contributed by atoms with E-state index in [2.05, 4.69) is 5.32 Å². The van der Waals surface area contributed by atoms with Crippen LogP contribution in [0.2, 0.25) is 0 Å². The van der Waals surface area contributed by atoms with Crippen LogP contribution in [0.3, 0.4) is 0 Å². The van der Waals surface area contributed by atoms with Gasteiger partial charge in [0.05, 0.1) is 13.2 Å². The zero-order chi connectivity index (χ0) is 6.86. The highest BCUT2D eigenvalue weighted by molar-refractivity contribution is 4.82. The maximum absolute atomic E-state index is 5.54. The highest BCUT2D eigenvalue weighted by Gasteiger charge is 2.37. The number of ether oxygens (including phenoxy) is 2. The van der Waals surface area contributed by atoms with Crippen LogP contribution in [0.15, 0.2) is 0 Å². The highest BCUT2D eigenvalue weighted by Crippen LogP contribution is 2.24. The Bertz CT molecular complexity index is 113. The number of nitrogens with one attached hydrogen (secondary N) is 1. The predicted octanol–water partition coefficient (Wildman–Crippen LogP) is 0.113. The van der Waals surface area contributed by atoms with Crippen molar-refractivity contribution in [3.8, 4) is 0 Å². The topological polar surface area (TPSA) is 30.5 Å². The minimum Gasteiger partial charge on any atom is -0.349 e. The van der Waals surface area contributed by atoms with Gasteiger partial charge in [-0.05, 0) is 6.42 Å². The fourth-order valence-corrected chi connectivity index (χ4v) is 1.51. The molecule has 2 saturated heterocycles. The molecule has 3 heteroatoms. The molecule has 1 spiro atoms. The largest absolute Gasteiger partial charge is 0.349 e. The molecule has 58 valence electrons. The summed E-state index contributed by atoms with van der Waals surface area (Å²) in [6.45, 7) is 3.62. The molecule has 0 saturated carbocycles. The van der Waals surface area contributed by atoms with Gasteiger partial charge in [0.1, 0.15) is 0 Å². The molecule has 0 bridgehead atoms. The first-order chi connectivity index (χ1) is 4.91. The summed E-state index contributed by atoms with van der Waals surface area (Å²) in [4.78, 5) is 0. The molecule has 0 radical (unpaired) electrons. The summed E-state index contributed by atoms with van der Waals surface area (Å²) in [5, 5.41) is 3.23. The standard InChI is InChI=1S/C7H13NO2/c1-4-9-7(10-5-1)2-3-8-6-7/h8H,1-6H2. The second-order valence-electron chi connectivity index (χ2n) is 2.89. The fourth-order valence-electron chi connectivity index (χ4n) is 1.51. The Balaban J connectivity index is 1.98. The Morgan fingerprint density at radius 1 is 1.20 bits per heavy atom. The van der Waals surface area contributed by atoms with Gasteiger partial charge in [0.25, 0.3) is 0 Å². The summed E-state index contributed by atoms with van der Waals surface area (Å²) in [5.74, 6) is -0.238. The molecule has 0 aromatic heterocycles. The lowest BCUT2D eigenvalue weighted by molar-refractivity contribution is -0.253. The lowest BCUT2D eigenvalue weighted by Crippen LogP contribution is -2.42. The second-order valence-corrected chi connectivity index (χ2v) is 2.89. The maximum atomic E-state index is 5.54. The van der Waals surface area contributed by atoms with Crippen LogP contribution >= 0.6 is 0 Å². The molecule has 2 aliphatic rings. The molecule has 0 aromatic rings. The number of hydrogen-bond donors (Lipinski definition) is 1. The van der Waals surface area contributed by atoms with Crippen LogP contribution < -0.4 is 5.32 Å². The van der Waals surface area contributed by atoms with Gasteiger partial charge < -0.3 is 14.8 Å². The fraction of sp³-hybridized carbons (Fsp3) is 1.00. The van der Waals surface area contributed by atoms with E-state index in [1.165, 1.54) is 0 Å². The van der Waals surface area contributed by atoms with Crippen molar-refractivity contribution in [2.75, 3.05) is 26.3 Å². The number of hydrogen-bond acceptors (Lipinski definition) is 3. The van der Waals surface area contributed by atoms with Crippen LogP contribution in [0.25, 0.3) is 0 Å². The molecule has 10 heavy (non-hydrogen) atoms. The quantitative estimate of drug-likeness (QED) is 0.522. The van der Waals surface area contributed by atoms with Crippen molar-refractivity contribution < 1.29 is 9.47 Å². The minimum atomic E-state index is -0.238. The lowest BCUT2D eigenvalue weighted by Gasteiger charge is -2.32. The first-order valence-electron chi connectivity index (χ1n) is 3.90. The molecule has 1 N–H and O–H groups in total. The Kier molecular flexibility index (Phi) is 1.64. The van der Waals surface area contributed by atoms with Crippen molar-refractivity contribution in [1.82, 2.24) is 5.32 Å². The first kappa shape index (κ1) is 6.58. The van der Waals surface area contributed by atoms with Gasteiger partial charge in [0.15, 0.2) is 5.79 Å². The third-order valence-electron chi connectivity index (χ3n) is 2.10. The van der Waals surface area contributed by atoms with Crippen molar-refractivity contribution in [2.24, 2.45) is 0 Å². The van der Waals surface area contributed by atoms with Crippen LogP contribution in [-0.4, -0.2) is 32.1 Å². The molecular weight excluding hydrogens is 130 g/mol. The van der Waals surface area contributed by atoms with Crippen molar-refractivity contribution in [2.45, 2.75) is 18.6 Å². The summed E-state index contributed by atoms with van der Waals surface area (Å²) in [6.07, 6.45) is 2.05. The average Bonchev–Trinajstić information content (AvgIpc) is 2.39. The molecule has 2 heterocycles. The van der Waals surface area contributed by atoms with Gasteiger partial charge in [-0.3, -0.25) is 0 Å². The molecular formula is C7H13NO2.